The first kappa shape index (κ1) is 23.1. The predicted molar refractivity (Wildman–Crippen MR) is 137 cm³/mol. The topological polar surface area (TPSA) is 83.1 Å². The molecule has 0 amide bonds. The largest absolute Gasteiger partial charge is 0.352 e. The van der Waals surface area contributed by atoms with Gasteiger partial charge in [0.2, 0.25) is 0 Å². The van der Waals surface area contributed by atoms with Gasteiger partial charge in [0.15, 0.2) is 11.6 Å². The fourth-order valence-corrected chi connectivity index (χ4v) is 6.19. The summed E-state index contributed by atoms with van der Waals surface area (Å²) in [6.45, 7) is 0.114. The number of hydrogen-bond acceptors (Lipinski definition) is 4. The Balaban J connectivity index is 1.60. The minimum atomic E-state index is -0.681. The molecule has 2 aliphatic carbocycles. The van der Waals surface area contributed by atoms with Crippen LogP contribution in [0.15, 0.2) is 95.9 Å². The molecule has 0 saturated heterocycles. The van der Waals surface area contributed by atoms with Crippen LogP contribution in [-0.4, -0.2) is 25.5 Å². The number of para-hydroxylation sites is 1. The third-order valence-electron chi connectivity index (χ3n) is 6.89. The van der Waals surface area contributed by atoms with Gasteiger partial charge in [-0.3, -0.25) is 9.59 Å². The number of rotatable bonds is 2. The third-order valence-corrected chi connectivity index (χ3v) is 8.09. The van der Waals surface area contributed by atoms with Crippen molar-refractivity contribution in [2.75, 3.05) is 0 Å². The van der Waals surface area contributed by atoms with Crippen LogP contribution in [0.2, 0.25) is 0 Å². The standard InChI is InChI=1S/C26H16Br2FN3O4/c27-17-10-13(6-7-19(17)29)22-15-8-9-30-25(35)31(14-4-2-1-3-5-14)26(36)32(30)20(15)11-16-23(22)21(33)12-18(28)24(16)34/h1-8,10,12,20,22H,9,11H2/t20-,22+/m1/s1. The van der Waals surface area contributed by atoms with Gasteiger partial charge in [-0.05, 0) is 67.3 Å². The number of allylic oxidation sites excluding steroid dienone is 6. The lowest BCUT2D eigenvalue weighted by molar-refractivity contribution is -0.115. The van der Waals surface area contributed by atoms with Gasteiger partial charge in [0.1, 0.15) is 5.82 Å². The molecular weight excluding hydrogens is 597 g/mol. The summed E-state index contributed by atoms with van der Waals surface area (Å²) >= 11 is 6.41. The lowest BCUT2D eigenvalue weighted by atomic mass is 9.69. The summed E-state index contributed by atoms with van der Waals surface area (Å²) in [5.74, 6) is -1.81. The van der Waals surface area contributed by atoms with Crippen molar-refractivity contribution < 1.29 is 14.0 Å². The molecule has 36 heavy (non-hydrogen) atoms. The van der Waals surface area contributed by atoms with Crippen LogP contribution in [-0.2, 0) is 16.1 Å². The van der Waals surface area contributed by atoms with E-state index in [4.69, 9.17) is 0 Å². The molecule has 2 atom stereocenters. The zero-order valence-corrected chi connectivity index (χ0v) is 21.6. The van der Waals surface area contributed by atoms with Crippen molar-refractivity contribution in [2.24, 2.45) is 0 Å². The van der Waals surface area contributed by atoms with Crippen molar-refractivity contribution in [3.05, 3.63) is 119 Å². The molecule has 3 aliphatic rings. The fourth-order valence-electron chi connectivity index (χ4n) is 5.35. The number of ketones is 2. The molecule has 180 valence electrons. The summed E-state index contributed by atoms with van der Waals surface area (Å²) in [6, 6.07) is 12.4. The molecule has 0 saturated carbocycles. The Hall–Kier alpha value is -3.37. The van der Waals surface area contributed by atoms with Gasteiger partial charge in [-0.15, -0.1) is 0 Å². The maximum absolute atomic E-state index is 14.1. The Morgan fingerprint density at radius 2 is 1.69 bits per heavy atom. The fraction of sp³-hybridized carbons (Fsp3) is 0.154. The van der Waals surface area contributed by atoms with Crippen LogP contribution in [0.25, 0.3) is 5.69 Å². The highest BCUT2D eigenvalue weighted by Crippen LogP contribution is 2.50. The number of carbonyl (C=O) groups is 2. The molecule has 0 radical (unpaired) electrons. The van der Waals surface area contributed by atoms with E-state index in [1.165, 1.54) is 21.5 Å². The molecule has 6 rings (SSSR count). The monoisotopic (exact) mass is 611 g/mol. The summed E-state index contributed by atoms with van der Waals surface area (Å²) < 4.78 is 18.3. The molecular formula is C26H16Br2FN3O4. The number of aromatic nitrogens is 3. The molecule has 0 fully saturated rings. The van der Waals surface area contributed by atoms with Gasteiger partial charge in [-0.25, -0.2) is 27.9 Å². The quantitative estimate of drug-likeness (QED) is 0.322. The number of fused-ring (bicyclic) bond motifs is 3. The number of carbonyl (C=O) groups excluding carboxylic acids is 2. The lowest BCUT2D eigenvalue weighted by Crippen LogP contribution is -2.40. The SMILES string of the molecule is O=C1C=C(Br)C(=O)C2=C1[C@@H](c1ccc(F)c(Br)c1)C1=CCn3c(=O)n(-c4ccccc4)c(=O)n3[C@@H]1C2. The lowest BCUT2D eigenvalue weighted by Gasteiger charge is -2.39. The number of hydrogen-bond donors (Lipinski definition) is 0. The summed E-state index contributed by atoms with van der Waals surface area (Å²) in [7, 11) is 0. The van der Waals surface area contributed by atoms with E-state index in [0.29, 0.717) is 22.4 Å². The summed E-state index contributed by atoms with van der Waals surface area (Å²) in [5, 5.41) is 0. The van der Waals surface area contributed by atoms with E-state index in [1.807, 2.05) is 6.08 Å². The molecule has 1 aliphatic heterocycles. The third kappa shape index (κ3) is 3.27. The van der Waals surface area contributed by atoms with E-state index in [9.17, 15) is 23.6 Å². The first-order valence-corrected chi connectivity index (χ1v) is 12.7. The Morgan fingerprint density at radius 3 is 2.42 bits per heavy atom. The van der Waals surface area contributed by atoms with Crippen molar-refractivity contribution in [3.8, 4) is 5.69 Å². The van der Waals surface area contributed by atoms with Crippen LogP contribution < -0.4 is 11.4 Å². The van der Waals surface area contributed by atoms with Crippen LogP contribution in [0.3, 0.4) is 0 Å². The van der Waals surface area contributed by atoms with Gasteiger partial charge in [0.25, 0.3) is 0 Å². The average molecular weight is 613 g/mol. The van der Waals surface area contributed by atoms with Gasteiger partial charge in [-0.2, -0.15) is 0 Å². The van der Waals surface area contributed by atoms with Crippen LogP contribution in [0.4, 0.5) is 4.39 Å². The number of Topliss-reactive ketones (excluding diaryl/α,β-unsaturated/α-hetero) is 1. The predicted octanol–water partition coefficient (Wildman–Crippen LogP) is 4.10. The smallest absolute Gasteiger partial charge is 0.290 e. The molecule has 0 unspecified atom stereocenters. The molecule has 0 spiro atoms. The van der Waals surface area contributed by atoms with Crippen LogP contribution in [0, 0.1) is 5.82 Å². The first-order chi connectivity index (χ1) is 17.3. The van der Waals surface area contributed by atoms with E-state index in [2.05, 4.69) is 31.9 Å². The Kier molecular flexibility index (Phi) is 5.34. The summed E-state index contributed by atoms with van der Waals surface area (Å²) in [5.41, 5.74) is 1.33. The normalized spacial score (nSPS) is 21.0. The zero-order valence-electron chi connectivity index (χ0n) is 18.5. The van der Waals surface area contributed by atoms with Crippen LogP contribution in [0.5, 0.6) is 0 Å². The van der Waals surface area contributed by atoms with Crippen LogP contribution in [0.1, 0.15) is 23.9 Å². The van der Waals surface area contributed by atoms with Gasteiger partial charge in [-0.1, -0.05) is 30.3 Å². The average Bonchev–Trinajstić information content (AvgIpc) is 3.13. The van der Waals surface area contributed by atoms with Gasteiger partial charge >= 0.3 is 11.4 Å². The maximum Gasteiger partial charge on any atom is 0.352 e. The second kappa shape index (κ2) is 8.35. The second-order valence-electron chi connectivity index (χ2n) is 8.77. The highest BCUT2D eigenvalue weighted by molar-refractivity contribution is 9.12. The first-order valence-electron chi connectivity index (χ1n) is 11.1. The zero-order chi connectivity index (χ0) is 25.3. The number of nitrogens with zero attached hydrogens (tertiary/aromatic N) is 3. The summed E-state index contributed by atoms with van der Waals surface area (Å²) in [4.78, 5) is 53.3. The Labute approximate surface area is 220 Å². The highest BCUT2D eigenvalue weighted by Gasteiger charge is 2.45. The minimum absolute atomic E-state index is 0.0751. The number of benzene rings is 2. The second-order valence-corrected chi connectivity index (χ2v) is 10.5. The van der Waals surface area contributed by atoms with Crippen molar-refractivity contribution in [1.29, 1.82) is 0 Å². The van der Waals surface area contributed by atoms with E-state index in [1.54, 1.807) is 42.5 Å². The molecule has 10 heteroatoms. The molecule has 0 bridgehead atoms. The van der Waals surface area contributed by atoms with Crippen molar-refractivity contribution in [3.63, 3.8) is 0 Å². The number of halogens is 3. The van der Waals surface area contributed by atoms with Crippen molar-refractivity contribution in [2.45, 2.75) is 24.9 Å². The van der Waals surface area contributed by atoms with E-state index in [0.717, 1.165) is 4.57 Å². The van der Waals surface area contributed by atoms with Crippen molar-refractivity contribution in [1.82, 2.24) is 13.9 Å². The molecule has 2 aromatic carbocycles. The van der Waals surface area contributed by atoms with E-state index < -0.39 is 29.2 Å². The summed E-state index contributed by atoms with van der Waals surface area (Å²) in [6.07, 6.45) is 3.16. The Bertz CT molecular complexity index is 1710. The minimum Gasteiger partial charge on any atom is -0.290 e. The van der Waals surface area contributed by atoms with Gasteiger partial charge in [0.05, 0.1) is 27.2 Å². The highest BCUT2D eigenvalue weighted by atomic mass is 79.9. The van der Waals surface area contributed by atoms with E-state index in [-0.39, 0.29) is 39.1 Å². The molecule has 0 N–H and O–H groups in total. The Morgan fingerprint density at radius 1 is 0.944 bits per heavy atom. The maximum atomic E-state index is 14.1. The molecule has 7 nitrogen and oxygen atoms in total. The van der Waals surface area contributed by atoms with Crippen molar-refractivity contribution >= 4 is 43.4 Å². The van der Waals surface area contributed by atoms with E-state index >= 15 is 0 Å². The van der Waals surface area contributed by atoms with Crippen LogP contribution >= 0.6 is 31.9 Å². The van der Waals surface area contributed by atoms with Gasteiger partial charge in [0, 0.05) is 29.6 Å². The molecule has 2 heterocycles. The molecule has 3 aromatic rings. The molecule has 1 aromatic heterocycles. The van der Waals surface area contributed by atoms with Gasteiger partial charge < -0.3 is 0 Å².